The molecule has 0 aromatic carbocycles. The van der Waals surface area contributed by atoms with Crippen molar-refractivity contribution in [2.24, 2.45) is 0 Å². The van der Waals surface area contributed by atoms with Gasteiger partial charge in [0.05, 0.1) is 12.5 Å². The van der Waals surface area contributed by atoms with Crippen LogP contribution in [0.1, 0.15) is 52.4 Å². The Morgan fingerprint density at radius 1 is 1.00 bits per heavy atom. The van der Waals surface area contributed by atoms with Crippen molar-refractivity contribution < 1.29 is 18.9 Å². The van der Waals surface area contributed by atoms with E-state index in [1.54, 1.807) is 18.3 Å². The standard InChI is InChI=1S/C19H29NO4/c1-5-9-11-18(21-7-3)23-16-13-14-20-17(15-16)24-19(22-8-4)12-10-6-2/h7-8,13-15,18-19H,3-6,9-12H2,1-2H3. The summed E-state index contributed by atoms with van der Waals surface area (Å²) in [4.78, 5) is 4.21. The molecule has 0 spiro atoms. The highest BCUT2D eigenvalue weighted by molar-refractivity contribution is 5.26. The fourth-order valence-electron chi connectivity index (χ4n) is 2.08. The zero-order valence-electron chi connectivity index (χ0n) is 14.8. The molecule has 1 aromatic heterocycles. The largest absolute Gasteiger partial charge is 0.463 e. The number of hydrogen-bond acceptors (Lipinski definition) is 5. The molecule has 1 rings (SSSR count). The Kier molecular flexibility index (Phi) is 10.2. The molecule has 5 nitrogen and oxygen atoms in total. The first kappa shape index (κ1) is 19.9. The second-order valence-electron chi connectivity index (χ2n) is 5.31. The second kappa shape index (κ2) is 12.3. The average molecular weight is 335 g/mol. The van der Waals surface area contributed by atoms with Gasteiger partial charge in [-0.1, -0.05) is 39.8 Å². The van der Waals surface area contributed by atoms with Gasteiger partial charge in [0.1, 0.15) is 5.75 Å². The molecule has 0 aliphatic heterocycles. The Morgan fingerprint density at radius 3 is 2.12 bits per heavy atom. The number of aromatic nitrogens is 1. The van der Waals surface area contributed by atoms with Crippen molar-refractivity contribution in [1.29, 1.82) is 0 Å². The van der Waals surface area contributed by atoms with E-state index < -0.39 is 6.29 Å². The van der Waals surface area contributed by atoms with Crippen molar-refractivity contribution in [3.05, 3.63) is 44.0 Å². The third-order valence-corrected chi connectivity index (χ3v) is 3.31. The van der Waals surface area contributed by atoms with E-state index in [-0.39, 0.29) is 6.29 Å². The highest BCUT2D eigenvalue weighted by atomic mass is 16.7. The molecule has 0 aliphatic rings. The normalized spacial score (nSPS) is 12.8. The zero-order chi connectivity index (χ0) is 17.6. The Morgan fingerprint density at radius 2 is 1.58 bits per heavy atom. The van der Waals surface area contributed by atoms with Crippen LogP contribution in [0, 0.1) is 0 Å². The SMILES string of the molecule is C=COC(CCCC)Oc1ccnc(OC(CCCC)OC=C)c1. The molecular weight excluding hydrogens is 306 g/mol. The lowest BCUT2D eigenvalue weighted by Crippen LogP contribution is -2.20. The fourth-order valence-corrected chi connectivity index (χ4v) is 2.08. The summed E-state index contributed by atoms with van der Waals surface area (Å²) in [5, 5.41) is 0. The van der Waals surface area contributed by atoms with Crippen LogP contribution in [0.4, 0.5) is 0 Å². The fraction of sp³-hybridized carbons (Fsp3) is 0.526. The quantitative estimate of drug-likeness (QED) is 0.346. The minimum absolute atomic E-state index is 0.363. The lowest BCUT2D eigenvalue weighted by molar-refractivity contribution is -0.0422. The maximum absolute atomic E-state index is 5.85. The Labute approximate surface area is 145 Å². The average Bonchev–Trinajstić information content (AvgIpc) is 2.58. The van der Waals surface area contributed by atoms with Gasteiger partial charge in [0, 0.05) is 25.1 Å². The molecule has 0 bridgehead atoms. The van der Waals surface area contributed by atoms with Crippen molar-refractivity contribution in [2.75, 3.05) is 0 Å². The molecule has 134 valence electrons. The smallest absolute Gasteiger partial charge is 0.242 e. The molecule has 0 saturated heterocycles. The Hall–Kier alpha value is -2.17. The topological polar surface area (TPSA) is 49.8 Å². The van der Waals surface area contributed by atoms with Gasteiger partial charge in [0.15, 0.2) is 0 Å². The van der Waals surface area contributed by atoms with Crippen LogP contribution in [0.15, 0.2) is 44.0 Å². The monoisotopic (exact) mass is 335 g/mol. The van der Waals surface area contributed by atoms with Crippen LogP contribution in [0.25, 0.3) is 0 Å². The van der Waals surface area contributed by atoms with Crippen molar-refractivity contribution in [3.63, 3.8) is 0 Å². The van der Waals surface area contributed by atoms with Gasteiger partial charge in [0.2, 0.25) is 18.5 Å². The molecule has 1 aromatic rings. The summed E-state index contributed by atoms with van der Waals surface area (Å²) in [6, 6.07) is 3.50. The van der Waals surface area contributed by atoms with E-state index in [1.165, 1.54) is 12.5 Å². The molecule has 0 aliphatic carbocycles. The van der Waals surface area contributed by atoms with E-state index in [4.69, 9.17) is 18.9 Å². The summed E-state index contributed by atoms with van der Waals surface area (Å²) in [6.45, 7) is 11.4. The minimum atomic E-state index is -0.398. The van der Waals surface area contributed by atoms with Crippen molar-refractivity contribution in [3.8, 4) is 11.6 Å². The van der Waals surface area contributed by atoms with Crippen LogP contribution >= 0.6 is 0 Å². The van der Waals surface area contributed by atoms with E-state index in [1.807, 2.05) is 0 Å². The highest BCUT2D eigenvalue weighted by Gasteiger charge is 2.13. The van der Waals surface area contributed by atoms with Crippen LogP contribution in [0.3, 0.4) is 0 Å². The first-order chi connectivity index (χ1) is 11.7. The summed E-state index contributed by atoms with van der Waals surface area (Å²) < 4.78 is 22.4. The predicted octanol–water partition coefficient (Wildman–Crippen LogP) is 5.19. The molecule has 2 atom stereocenters. The molecule has 0 N–H and O–H groups in total. The van der Waals surface area contributed by atoms with Crippen LogP contribution < -0.4 is 9.47 Å². The van der Waals surface area contributed by atoms with Crippen molar-refractivity contribution in [2.45, 2.75) is 65.0 Å². The predicted molar refractivity (Wildman–Crippen MR) is 94.7 cm³/mol. The van der Waals surface area contributed by atoms with Gasteiger partial charge in [-0.25, -0.2) is 4.98 Å². The van der Waals surface area contributed by atoms with E-state index in [0.29, 0.717) is 11.6 Å². The Bertz CT molecular complexity index is 439. The number of unbranched alkanes of at least 4 members (excludes halogenated alkanes) is 2. The molecule has 0 fully saturated rings. The first-order valence-electron chi connectivity index (χ1n) is 8.55. The maximum atomic E-state index is 5.85. The maximum Gasteiger partial charge on any atom is 0.242 e. The van der Waals surface area contributed by atoms with Gasteiger partial charge in [-0.2, -0.15) is 0 Å². The molecule has 1 heterocycles. The number of pyridine rings is 1. The molecule has 5 heteroatoms. The van der Waals surface area contributed by atoms with E-state index in [0.717, 1.165) is 38.5 Å². The lowest BCUT2D eigenvalue weighted by Gasteiger charge is -2.20. The van der Waals surface area contributed by atoms with Crippen molar-refractivity contribution >= 4 is 0 Å². The van der Waals surface area contributed by atoms with Crippen LogP contribution in [-0.4, -0.2) is 17.6 Å². The van der Waals surface area contributed by atoms with Crippen LogP contribution in [-0.2, 0) is 9.47 Å². The van der Waals surface area contributed by atoms with Gasteiger partial charge in [-0.15, -0.1) is 0 Å². The van der Waals surface area contributed by atoms with E-state index in [2.05, 4.69) is 32.0 Å². The molecule has 2 unspecified atom stereocenters. The lowest BCUT2D eigenvalue weighted by atomic mass is 10.2. The summed E-state index contributed by atoms with van der Waals surface area (Å²) in [5.74, 6) is 1.08. The molecular formula is C19H29NO4. The zero-order valence-corrected chi connectivity index (χ0v) is 14.8. The third kappa shape index (κ3) is 7.90. The van der Waals surface area contributed by atoms with Gasteiger partial charge in [0.25, 0.3) is 0 Å². The minimum Gasteiger partial charge on any atom is -0.463 e. The molecule has 0 saturated carbocycles. The molecule has 24 heavy (non-hydrogen) atoms. The second-order valence-corrected chi connectivity index (χ2v) is 5.31. The first-order valence-corrected chi connectivity index (χ1v) is 8.55. The number of hydrogen-bond donors (Lipinski definition) is 0. The van der Waals surface area contributed by atoms with Crippen LogP contribution in [0.2, 0.25) is 0 Å². The number of ether oxygens (including phenoxy) is 4. The summed E-state index contributed by atoms with van der Waals surface area (Å²) >= 11 is 0. The molecule has 0 radical (unpaired) electrons. The van der Waals surface area contributed by atoms with Gasteiger partial charge in [-0.05, 0) is 18.9 Å². The van der Waals surface area contributed by atoms with Gasteiger partial charge in [-0.3, -0.25) is 0 Å². The number of rotatable bonds is 14. The number of nitrogens with zero attached hydrogens (tertiary/aromatic N) is 1. The summed E-state index contributed by atoms with van der Waals surface area (Å²) in [5.41, 5.74) is 0. The summed E-state index contributed by atoms with van der Waals surface area (Å²) in [6.07, 6.45) is 9.38. The summed E-state index contributed by atoms with van der Waals surface area (Å²) in [7, 11) is 0. The van der Waals surface area contributed by atoms with E-state index >= 15 is 0 Å². The third-order valence-electron chi connectivity index (χ3n) is 3.31. The van der Waals surface area contributed by atoms with Gasteiger partial charge >= 0.3 is 0 Å². The van der Waals surface area contributed by atoms with Crippen molar-refractivity contribution in [1.82, 2.24) is 4.98 Å². The Balaban J connectivity index is 2.69. The van der Waals surface area contributed by atoms with E-state index in [9.17, 15) is 0 Å². The van der Waals surface area contributed by atoms with Gasteiger partial charge < -0.3 is 18.9 Å². The van der Waals surface area contributed by atoms with Crippen LogP contribution in [0.5, 0.6) is 11.6 Å². The highest BCUT2D eigenvalue weighted by Crippen LogP contribution is 2.22. The molecule has 0 amide bonds.